The van der Waals surface area contributed by atoms with Crippen molar-refractivity contribution in [2.45, 2.75) is 59.0 Å². The Morgan fingerprint density at radius 2 is 1.62 bits per heavy atom. The summed E-state index contributed by atoms with van der Waals surface area (Å²) < 4.78 is 33.2. The lowest BCUT2D eigenvalue weighted by atomic mass is 10.2. The highest BCUT2D eigenvalue weighted by atomic mass is 32.2. The van der Waals surface area contributed by atoms with Crippen molar-refractivity contribution >= 4 is 21.8 Å². The normalized spacial score (nSPS) is 12.0. The molecule has 21 heavy (non-hydrogen) atoms. The van der Waals surface area contributed by atoms with Gasteiger partial charge in [-0.05, 0) is 40.5 Å². The van der Waals surface area contributed by atoms with Gasteiger partial charge in [0.05, 0.1) is 12.4 Å². The van der Waals surface area contributed by atoms with Crippen LogP contribution in [-0.2, 0) is 28.9 Å². The average molecular weight is 322 g/mol. The molecule has 0 aromatic heterocycles. The molecule has 0 amide bonds. The fourth-order valence-corrected chi connectivity index (χ4v) is 2.83. The van der Waals surface area contributed by atoms with E-state index >= 15 is 0 Å². The maximum atomic E-state index is 11.7. The third kappa shape index (κ3) is 12.3. The number of carbonyl (C=O) groups excluding carboxylic acids is 2. The molecule has 0 radical (unpaired) electrons. The lowest BCUT2D eigenvalue weighted by Crippen LogP contribution is -2.29. The molecule has 0 aliphatic rings. The third-order valence-corrected chi connectivity index (χ3v) is 3.99. The van der Waals surface area contributed by atoms with Gasteiger partial charge in [-0.25, -0.2) is 8.42 Å². The quantitative estimate of drug-likeness (QED) is 0.476. The minimum Gasteiger partial charge on any atom is -0.466 e. The Bertz CT molecular complexity index is 433. The molecule has 0 aromatic carbocycles. The van der Waals surface area contributed by atoms with Crippen LogP contribution in [0.1, 0.15) is 53.4 Å². The lowest BCUT2D eigenvalue weighted by Gasteiger charge is -2.19. The van der Waals surface area contributed by atoms with Crippen LogP contribution in [0.4, 0.5) is 0 Å². The Balaban J connectivity index is 3.93. The van der Waals surface area contributed by atoms with Gasteiger partial charge in [-0.3, -0.25) is 9.59 Å². The molecule has 124 valence electrons. The number of rotatable bonds is 9. The molecule has 6 nitrogen and oxygen atoms in total. The molecule has 0 spiro atoms. The summed E-state index contributed by atoms with van der Waals surface area (Å²) in [6.45, 7) is 7.15. The average Bonchev–Trinajstić information content (AvgIpc) is 2.24. The fraction of sp³-hybridized carbons (Fsp3) is 0.857. The fourth-order valence-electron chi connectivity index (χ4n) is 1.62. The van der Waals surface area contributed by atoms with Gasteiger partial charge < -0.3 is 9.47 Å². The summed E-state index contributed by atoms with van der Waals surface area (Å²) in [5.74, 6) is -1.67. The predicted molar refractivity (Wildman–Crippen MR) is 79.6 cm³/mol. The highest BCUT2D eigenvalue weighted by molar-refractivity contribution is 7.92. The van der Waals surface area contributed by atoms with E-state index in [0.717, 1.165) is 0 Å². The first-order valence-electron chi connectivity index (χ1n) is 7.13. The number of hydrogen-bond acceptors (Lipinski definition) is 6. The molecule has 0 bridgehead atoms. The molecule has 7 heteroatoms. The Labute approximate surface area is 127 Å². The van der Waals surface area contributed by atoms with Crippen LogP contribution in [0.15, 0.2) is 0 Å². The van der Waals surface area contributed by atoms with Gasteiger partial charge in [-0.2, -0.15) is 0 Å². The highest BCUT2D eigenvalue weighted by Crippen LogP contribution is 2.09. The molecule has 0 aliphatic heterocycles. The van der Waals surface area contributed by atoms with Gasteiger partial charge in [-0.15, -0.1) is 0 Å². The lowest BCUT2D eigenvalue weighted by molar-refractivity contribution is -0.151. The van der Waals surface area contributed by atoms with E-state index < -0.39 is 27.2 Å². The van der Waals surface area contributed by atoms with Crippen LogP contribution in [0.2, 0.25) is 0 Å². The molecule has 0 heterocycles. The topological polar surface area (TPSA) is 86.7 Å². The van der Waals surface area contributed by atoms with Crippen LogP contribution in [0.5, 0.6) is 0 Å². The van der Waals surface area contributed by atoms with Crippen LogP contribution in [-0.4, -0.2) is 44.1 Å². The van der Waals surface area contributed by atoms with Crippen LogP contribution in [0, 0.1) is 0 Å². The zero-order chi connectivity index (χ0) is 16.5. The van der Waals surface area contributed by atoms with E-state index in [9.17, 15) is 18.0 Å². The van der Waals surface area contributed by atoms with Crippen molar-refractivity contribution in [3.8, 4) is 0 Å². The molecular formula is C14H26O6S. The van der Waals surface area contributed by atoms with E-state index in [1.54, 1.807) is 27.7 Å². The number of hydrogen-bond donors (Lipinski definition) is 0. The molecule has 0 unspecified atom stereocenters. The molecule has 0 aromatic rings. The van der Waals surface area contributed by atoms with Crippen molar-refractivity contribution in [1.29, 1.82) is 0 Å². The zero-order valence-corrected chi connectivity index (χ0v) is 14.1. The molecule has 0 N–H and O–H groups in total. The zero-order valence-electron chi connectivity index (χ0n) is 13.3. The third-order valence-electron chi connectivity index (χ3n) is 2.40. The smallest absolute Gasteiger partial charge is 0.321 e. The molecular weight excluding hydrogens is 296 g/mol. The standard InChI is InChI=1S/C14H26O6S/c1-5-19-12(15)9-7-6-8-10-21(17,18)11-13(16)20-14(2,3)4/h5-11H2,1-4H3. The van der Waals surface area contributed by atoms with Crippen molar-refractivity contribution in [2.75, 3.05) is 18.1 Å². The van der Waals surface area contributed by atoms with Gasteiger partial charge in [0, 0.05) is 6.42 Å². The number of sulfone groups is 1. The van der Waals surface area contributed by atoms with Crippen LogP contribution in [0.25, 0.3) is 0 Å². The molecule has 0 fully saturated rings. The van der Waals surface area contributed by atoms with Crippen molar-refractivity contribution in [2.24, 2.45) is 0 Å². The SMILES string of the molecule is CCOC(=O)CCCCCS(=O)(=O)CC(=O)OC(C)(C)C. The van der Waals surface area contributed by atoms with Crippen LogP contribution < -0.4 is 0 Å². The Morgan fingerprint density at radius 1 is 1.00 bits per heavy atom. The van der Waals surface area contributed by atoms with Crippen LogP contribution >= 0.6 is 0 Å². The Hall–Kier alpha value is -1.11. The number of ether oxygens (including phenoxy) is 2. The minimum atomic E-state index is -3.45. The Kier molecular flexibility index (Phi) is 8.54. The minimum absolute atomic E-state index is 0.0743. The number of carbonyl (C=O) groups is 2. The highest BCUT2D eigenvalue weighted by Gasteiger charge is 2.22. The second kappa shape index (κ2) is 9.02. The molecule has 0 aliphatic carbocycles. The van der Waals surface area contributed by atoms with Gasteiger partial charge >= 0.3 is 11.9 Å². The summed E-state index contributed by atoms with van der Waals surface area (Å²) in [5.41, 5.74) is -0.688. The maximum Gasteiger partial charge on any atom is 0.321 e. The summed E-state index contributed by atoms with van der Waals surface area (Å²) in [5, 5.41) is 0. The summed E-state index contributed by atoms with van der Waals surface area (Å²) in [6, 6.07) is 0. The first-order valence-corrected chi connectivity index (χ1v) is 8.96. The molecule has 0 saturated carbocycles. The first kappa shape index (κ1) is 19.9. The summed E-state index contributed by atoms with van der Waals surface area (Å²) in [6.07, 6.45) is 1.90. The first-order chi connectivity index (χ1) is 9.56. The summed E-state index contributed by atoms with van der Waals surface area (Å²) >= 11 is 0. The van der Waals surface area contributed by atoms with E-state index in [2.05, 4.69) is 0 Å². The maximum absolute atomic E-state index is 11.7. The summed E-state index contributed by atoms with van der Waals surface area (Å²) in [7, 11) is -3.45. The molecule has 0 rings (SSSR count). The second-order valence-electron chi connectivity index (χ2n) is 5.79. The van der Waals surface area contributed by atoms with Gasteiger partial charge in [-0.1, -0.05) is 6.42 Å². The van der Waals surface area contributed by atoms with E-state index in [1.165, 1.54) is 0 Å². The van der Waals surface area contributed by atoms with Crippen LogP contribution in [0.3, 0.4) is 0 Å². The van der Waals surface area contributed by atoms with E-state index in [4.69, 9.17) is 9.47 Å². The second-order valence-corrected chi connectivity index (χ2v) is 7.98. The largest absolute Gasteiger partial charge is 0.466 e. The van der Waals surface area contributed by atoms with Gasteiger partial charge in [0.25, 0.3) is 0 Å². The van der Waals surface area contributed by atoms with E-state index in [0.29, 0.717) is 32.3 Å². The molecule has 0 atom stereocenters. The van der Waals surface area contributed by atoms with Gasteiger partial charge in [0.2, 0.25) is 0 Å². The monoisotopic (exact) mass is 322 g/mol. The van der Waals surface area contributed by atoms with Gasteiger partial charge in [0.15, 0.2) is 9.84 Å². The van der Waals surface area contributed by atoms with Crippen molar-refractivity contribution in [1.82, 2.24) is 0 Å². The van der Waals surface area contributed by atoms with Crippen molar-refractivity contribution in [3.05, 3.63) is 0 Å². The van der Waals surface area contributed by atoms with E-state index in [-0.39, 0.29) is 11.7 Å². The predicted octanol–water partition coefficient (Wildman–Crippen LogP) is 1.87. The molecule has 0 saturated heterocycles. The number of unbranched alkanes of at least 4 members (excludes halogenated alkanes) is 2. The van der Waals surface area contributed by atoms with Crippen molar-refractivity contribution < 1.29 is 27.5 Å². The number of esters is 2. The Morgan fingerprint density at radius 3 is 2.14 bits per heavy atom. The van der Waals surface area contributed by atoms with Gasteiger partial charge in [0.1, 0.15) is 11.4 Å². The van der Waals surface area contributed by atoms with Crippen molar-refractivity contribution in [3.63, 3.8) is 0 Å². The summed E-state index contributed by atoms with van der Waals surface area (Å²) in [4.78, 5) is 22.5. The van der Waals surface area contributed by atoms with E-state index in [1.807, 2.05) is 0 Å².